The van der Waals surface area contributed by atoms with E-state index in [4.69, 9.17) is 23.2 Å². The Labute approximate surface area is 156 Å². The van der Waals surface area contributed by atoms with E-state index in [9.17, 15) is 14.7 Å². The first kappa shape index (κ1) is 19.0. The number of benzene rings is 2. The van der Waals surface area contributed by atoms with Gasteiger partial charge in [-0.3, -0.25) is 4.79 Å². The quantitative estimate of drug-likeness (QED) is 0.679. The standard InChI is InChI=1S/C19H17Cl2NO3/c1-11(2)13-6-3-12(4-7-13)5-8-17(23)22-18-15(19(24)25)9-14(20)10-16(18)21/h3-11H,1-2H3,(H,22,23)(H,24,25). The van der Waals surface area contributed by atoms with Gasteiger partial charge in [0.15, 0.2) is 0 Å². The Balaban J connectivity index is 2.16. The molecule has 0 aromatic heterocycles. The van der Waals surface area contributed by atoms with E-state index in [2.05, 4.69) is 19.2 Å². The maximum atomic E-state index is 12.1. The molecule has 0 unspecified atom stereocenters. The van der Waals surface area contributed by atoms with Gasteiger partial charge in [-0.15, -0.1) is 0 Å². The maximum absolute atomic E-state index is 12.1. The van der Waals surface area contributed by atoms with Crippen molar-refractivity contribution in [3.8, 4) is 0 Å². The van der Waals surface area contributed by atoms with Crippen molar-refractivity contribution < 1.29 is 14.7 Å². The molecule has 0 bridgehead atoms. The molecular formula is C19H17Cl2NO3. The van der Waals surface area contributed by atoms with Crippen LogP contribution in [0.5, 0.6) is 0 Å². The summed E-state index contributed by atoms with van der Waals surface area (Å²) in [6.07, 6.45) is 2.96. The lowest BCUT2D eigenvalue weighted by molar-refractivity contribution is -0.111. The molecule has 2 aromatic rings. The van der Waals surface area contributed by atoms with E-state index in [1.807, 2.05) is 24.3 Å². The van der Waals surface area contributed by atoms with Gasteiger partial charge in [0.05, 0.1) is 16.3 Å². The number of hydrogen-bond donors (Lipinski definition) is 2. The van der Waals surface area contributed by atoms with Crippen LogP contribution in [0.25, 0.3) is 6.08 Å². The maximum Gasteiger partial charge on any atom is 0.337 e. The Kier molecular flexibility index (Phi) is 6.23. The molecule has 2 rings (SSSR count). The Morgan fingerprint density at radius 1 is 1.12 bits per heavy atom. The SMILES string of the molecule is CC(C)c1ccc(C=CC(=O)Nc2c(Cl)cc(Cl)cc2C(=O)O)cc1. The van der Waals surface area contributed by atoms with Crippen LogP contribution in [0.15, 0.2) is 42.5 Å². The van der Waals surface area contributed by atoms with Crippen LogP contribution in [0, 0.1) is 0 Å². The molecule has 0 radical (unpaired) electrons. The van der Waals surface area contributed by atoms with Crippen LogP contribution in [0.3, 0.4) is 0 Å². The van der Waals surface area contributed by atoms with Gasteiger partial charge in [-0.1, -0.05) is 61.3 Å². The van der Waals surface area contributed by atoms with Gasteiger partial charge in [0.25, 0.3) is 0 Å². The molecule has 0 aliphatic carbocycles. The molecule has 0 fully saturated rings. The average molecular weight is 378 g/mol. The van der Waals surface area contributed by atoms with Crippen molar-refractivity contribution >= 4 is 46.8 Å². The first-order valence-corrected chi connectivity index (χ1v) is 8.35. The number of aromatic carboxylic acids is 1. The predicted molar refractivity (Wildman–Crippen MR) is 102 cm³/mol. The third kappa shape index (κ3) is 5.08. The summed E-state index contributed by atoms with van der Waals surface area (Å²) in [5.74, 6) is -1.28. The molecule has 6 heteroatoms. The first-order valence-electron chi connectivity index (χ1n) is 7.59. The van der Waals surface area contributed by atoms with Crippen LogP contribution < -0.4 is 5.32 Å². The topological polar surface area (TPSA) is 66.4 Å². The molecule has 0 atom stereocenters. The van der Waals surface area contributed by atoms with Crippen LogP contribution in [-0.2, 0) is 4.79 Å². The second-order valence-corrected chi connectivity index (χ2v) is 6.60. The fourth-order valence-corrected chi connectivity index (χ4v) is 2.74. The molecule has 1 amide bonds. The molecule has 25 heavy (non-hydrogen) atoms. The molecule has 0 saturated heterocycles. The average Bonchev–Trinajstić information content (AvgIpc) is 2.55. The van der Waals surface area contributed by atoms with Gasteiger partial charge in [-0.05, 0) is 35.3 Å². The van der Waals surface area contributed by atoms with E-state index < -0.39 is 11.9 Å². The second kappa shape index (κ2) is 8.19. The van der Waals surface area contributed by atoms with Crippen molar-refractivity contribution in [1.82, 2.24) is 0 Å². The lowest BCUT2D eigenvalue weighted by Gasteiger charge is -2.09. The normalized spacial score (nSPS) is 11.1. The summed E-state index contributed by atoms with van der Waals surface area (Å²) < 4.78 is 0. The lowest BCUT2D eigenvalue weighted by Crippen LogP contribution is -2.12. The number of carbonyl (C=O) groups is 2. The van der Waals surface area contributed by atoms with Crippen LogP contribution in [0.1, 0.15) is 41.3 Å². The summed E-state index contributed by atoms with van der Waals surface area (Å²) in [5, 5.41) is 12.0. The minimum absolute atomic E-state index is 0.0170. The summed E-state index contributed by atoms with van der Waals surface area (Å²) in [5.41, 5.74) is 1.92. The molecule has 2 aromatic carbocycles. The minimum Gasteiger partial charge on any atom is -0.478 e. The number of amides is 1. The third-order valence-electron chi connectivity index (χ3n) is 3.56. The highest BCUT2D eigenvalue weighted by Gasteiger charge is 2.16. The third-order valence-corrected chi connectivity index (χ3v) is 4.08. The van der Waals surface area contributed by atoms with E-state index in [0.717, 1.165) is 5.56 Å². The smallest absolute Gasteiger partial charge is 0.337 e. The second-order valence-electron chi connectivity index (χ2n) is 5.76. The molecule has 2 N–H and O–H groups in total. The van der Waals surface area contributed by atoms with Crippen molar-refractivity contribution in [2.75, 3.05) is 5.32 Å². The van der Waals surface area contributed by atoms with Crippen molar-refractivity contribution in [1.29, 1.82) is 0 Å². The van der Waals surface area contributed by atoms with Crippen LogP contribution in [0.2, 0.25) is 10.0 Å². The van der Waals surface area contributed by atoms with Crippen molar-refractivity contribution in [2.45, 2.75) is 19.8 Å². The van der Waals surface area contributed by atoms with Gasteiger partial charge in [0.2, 0.25) is 5.91 Å². The molecule has 130 valence electrons. The first-order chi connectivity index (χ1) is 11.8. The molecule has 0 aliphatic rings. The number of nitrogens with one attached hydrogen (secondary N) is 1. The Bertz CT molecular complexity index is 827. The van der Waals surface area contributed by atoms with E-state index in [1.165, 1.54) is 23.8 Å². The molecular weight excluding hydrogens is 361 g/mol. The monoisotopic (exact) mass is 377 g/mol. The van der Waals surface area contributed by atoms with Gasteiger partial charge < -0.3 is 10.4 Å². The largest absolute Gasteiger partial charge is 0.478 e. The number of carboxylic acids is 1. The van der Waals surface area contributed by atoms with Gasteiger partial charge in [0.1, 0.15) is 0 Å². The molecule has 4 nitrogen and oxygen atoms in total. The van der Waals surface area contributed by atoms with Gasteiger partial charge in [0, 0.05) is 11.1 Å². The summed E-state index contributed by atoms with van der Waals surface area (Å²) >= 11 is 11.8. The Hall–Kier alpha value is -2.30. The number of carbonyl (C=O) groups excluding carboxylic acids is 1. The summed E-state index contributed by atoms with van der Waals surface area (Å²) in [6, 6.07) is 10.4. The van der Waals surface area contributed by atoms with Gasteiger partial charge in [-0.2, -0.15) is 0 Å². The van der Waals surface area contributed by atoms with E-state index >= 15 is 0 Å². The zero-order valence-corrected chi connectivity index (χ0v) is 15.2. The number of halogens is 2. The fourth-order valence-electron chi connectivity index (χ4n) is 2.20. The zero-order chi connectivity index (χ0) is 18.6. The molecule has 0 heterocycles. The van der Waals surface area contributed by atoms with E-state index in [-0.39, 0.29) is 21.3 Å². The number of carboxylic acid groups (broad SMARTS) is 1. The van der Waals surface area contributed by atoms with Crippen LogP contribution >= 0.6 is 23.2 Å². The highest BCUT2D eigenvalue weighted by molar-refractivity contribution is 6.38. The predicted octanol–water partition coefficient (Wildman–Crippen LogP) is 5.47. The number of anilines is 1. The van der Waals surface area contributed by atoms with E-state index in [0.29, 0.717) is 5.92 Å². The van der Waals surface area contributed by atoms with Gasteiger partial charge >= 0.3 is 5.97 Å². The zero-order valence-electron chi connectivity index (χ0n) is 13.7. The van der Waals surface area contributed by atoms with Crippen molar-refractivity contribution in [3.63, 3.8) is 0 Å². The number of hydrogen-bond acceptors (Lipinski definition) is 2. The fraction of sp³-hybridized carbons (Fsp3) is 0.158. The van der Waals surface area contributed by atoms with E-state index in [1.54, 1.807) is 6.08 Å². The summed E-state index contributed by atoms with van der Waals surface area (Å²) in [6.45, 7) is 4.21. The Morgan fingerprint density at radius 3 is 2.32 bits per heavy atom. The lowest BCUT2D eigenvalue weighted by atomic mass is 10.0. The van der Waals surface area contributed by atoms with Crippen LogP contribution in [0.4, 0.5) is 5.69 Å². The Morgan fingerprint density at radius 2 is 1.76 bits per heavy atom. The highest BCUT2D eigenvalue weighted by atomic mass is 35.5. The van der Waals surface area contributed by atoms with Crippen molar-refractivity contribution in [3.05, 3.63) is 69.2 Å². The van der Waals surface area contributed by atoms with Crippen LogP contribution in [-0.4, -0.2) is 17.0 Å². The minimum atomic E-state index is -1.23. The highest BCUT2D eigenvalue weighted by Crippen LogP contribution is 2.30. The molecule has 0 spiro atoms. The molecule has 0 saturated carbocycles. The van der Waals surface area contributed by atoms with Crippen molar-refractivity contribution in [2.24, 2.45) is 0 Å². The van der Waals surface area contributed by atoms with Gasteiger partial charge in [-0.25, -0.2) is 4.79 Å². The number of rotatable bonds is 5. The summed E-state index contributed by atoms with van der Waals surface area (Å²) in [4.78, 5) is 23.4. The summed E-state index contributed by atoms with van der Waals surface area (Å²) in [7, 11) is 0. The molecule has 0 aliphatic heterocycles.